The van der Waals surface area contributed by atoms with Crippen molar-refractivity contribution in [1.82, 2.24) is 4.90 Å². The van der Waals surface area contributed by atoms with E-state index in [1.165, 1.54) is 7.11 Å². The number of anilines is 1. The van der Waals surface area contributed by atoms with Crippen LogP contribution in [-0.2, 0) is 0 Å². The molecule has 0 aromatic heterocycles. The van der Waals surface area contributed by atoms with E-state index in [-0.39, 0.29) is 11.8 Å². The molecule has 0 unspecified atom stereocenters. The Kier molecular flexibility index (Phi) is 6.60. The minimum Gasteiger partial charge on any atom is -0.493 e. The summed E-state index contributed by atoms with van der Waals surface area (Å²) in [7, 11) is 3.06. The molecule has 6 heteroatoms. The Hall–Kier alpha value is -3.02. The predicted octanol–water partition coefficient (Wildman–Crippen LogP) is 3.44. The van der Waals surface area contributed by atoms with E-state index in [1.54, 1.807) is 54.5 Å². The molecule has 0 aliphatic heterocycles. The minimum absolute atomic E-state index is 0.0206. The Labute approximate surface area is 153 Å². The molecule has 2 amide bonds. The number of rotatable bonds is 7. The van der Waals surface area contributed by atoms with E-state index < -0.39 is 0 Å². The zero-order valence-electron chi connectivity index (χ0n) is 15.5. The molecule has 1 N–H and O–H groups in total. The van der Waals surface area contributed by atoms with E-state index in [9.17, 15) is 9.59 Å². The second-order valence-electron chi connectivity index (χ2n) is 5.58. The summed E-state index contributed by atoms with van der Waals surface area (Å²) in [4.78, 5) is 26.5. The number of carbonyl (C=O) groups is 2. The number of nitrogens with zero attached hydrogens (tertiary/aromatic N) is 1. The van der Waals surface area contributed by atoms with E-state index in [0.29, 0.717) is 41.4 Å². The number of ether oxygens (including phenoxy) is 2. The third-order valence-corrected chi connectivity index (χ3v) is 4.09. The summed E-state index contributed by atoms with van der Waals surface area (Å²) in [5, 5.41) is 2.81. The Balaban J connectivity index is 2.11. The van der Waals surface area contributed by atoms with Gasteiger partial charge in [-0.15, -0.1) is 0 Å². The van der Waals surface area contributed by atoms with E-state index in [0.717, 1.165) is 0 Å². The highest BCUT2D eigenvalue weighted by molar-refractivity contribution is 6.05. The largest absolute Gasteiger partial charge is 0.493 e. The first-order chi connectivity index (χ1) is 12.5. The molecule has 0 aliphatic carbocycles. The molecule has 2 rings (SSSR count). The molecule has 2 aromatic carbocycles. The summed E-state index contributed by atoms with van der Waals surface area (Å²) in [6.07, 6.45) is 0. The maximum Gasteiger partial charge on any atom is 0.255 e. The van der Waals surface area contributed by atoms with Gasteiger partial charge in [0.15, 0.2) is 11.5 Å². The molecular formula is C20H24N2O4. The second-order valence-corrected chi connectivity index (χ2v) is 5.58. The molecule has 0 radical (unpaired) electrons. The number of methoxy groups -OCH3 is 2. The average Bonchev–Trinajstić information content (AvgIpc) is 2.68. The molecule has 0 bridgehead atoms. The van der Waals surface area contributed by atoms with E-state index >= 15 is 0 Å². The van der Waals surface area contributed by atoms with Crippen molar-refractivity contribution in [2.75, 3.05) is 32.6 Å². The molecule has 0 heterocycles. The van der Waals surface area contributed by atoms with Crippen molar-refractivity contribution < 1.29 is 19.1 Å². The lowest BCUT2D eigenvalue weighted by Gasteiger charge is -2.18. The van der Waals surface area contributed by atoms with Crippen LogP contribution >= 0.6 is 0 Å². The van der Waals surface area contributed by atoms with Gasteiger partial charge in [-0.1, -0.05) is 0 Å². The van der Waals surface area contributed by atoms with Crippen LogP contribution in [-0.4, -0.2) is 44.0 Å². The quantitative estimate of drug-likeness (QED) is 0.825. The van der Waals surface area contributed by atoms with Gasteiger partial charge in [0.2, 0.25) is 0 Å². The fourth-order valence-electron chi connectivity index (χ4n) is 2.57. The van der Waals surface area contributed by atoms with E-state index in [2.05, 4.69) is 5.32 Å². The standard InChI is InChI=1S/C20H24N2O4/c1-5-22(6-2)20(24)14-7-10-16(11-8-14)21-19(23)15-9-12-17(25-3)18(13-15)26-4/h7-13H,5-6H2,1-4H3,(H,21,23). The number of hydrogen-bond donors (Lipinski definition) is 1. The maximum absolute atomic E-state index is 12.4. The van der Waals surface area contributed by atoms with Gasteiger partial charge in [0.05, 0.1) is 14.2 Å². The van der Waals surface area contributed by atoms with Gasteiger partial charge in [-0.05, 0) is 56.3 Å². The third-order valence-electron chi connectivity index (χ3n) is 4.09. The van der Waals surface area contributed by atoms with Crippen LogP contribution in [0.3, 0.4) is 0 Å². The van der Waals surface area contributed by atoms with Crippen LogP contribution in [0.4, 0.5) is 5.69 Å². The van der Waals surface area contributed by atoms with Gasteiger partial charge in [-0.25, -0.2) is 0 Å². The molecule has 138 valence electrons. The summed E-state index contributed by atoms with van der Waals surface area (Å²) in [5.74, 6) is 0.755. The molecule has 6 nitrogen and oxygen atoms in total. The lowest BCUT2D eigenvalue weighted by molar-refractivity contribution is 0.0773. The first-order valence-corrected chi connectivity index (χ1v) is 8.46. The topological polar surface area (TPSA) is 67.9 Å². The van der Waals surface area contributed by atoms with Crippen LogP contribution < -0.4 is 14.8 Å². The summed E-state index contributed by atoms with van der Waals surface area (Å²) in [6.45, 7) is 5.21. The summed E-state index contributed by atoms with van der Waals surface area (Å²) < 4.78 is 10.4. The monoisotopic (exact) mass is 356 g/mol. The lowest BCUT2D eigenvalue weighted by Crippen LogP contribution is -2.30. The molecule has 0 saturated carbocycles. The number of nitrogens with one attached hydrogen (secondary N) is 1. The molecule has 0 aliphatic rings. The number of benzene rings is 2. The van der Waals surface area contributed by atoms with E-state index in [4.69, 9.17) is 9.47 Å². The highest BCUT2D eigenvalue weighted by Gasteiger charge is 2.14. The van der Waals surface area contributed by atoms with Gasteiger partial charge in [0, 0.05) is 29.9 Å². The Morgan fingerprint density at radius 3 is 2.00 bits per heavy atom. The maximum atomic E-state index is 12.4. The van der Waals surface area contributed by atoms with Crippen LogP contribution in [0.5, 0.6) is 11.5 Å². The Bertz CT molecular complexity index is 768. The smallest absolute Gasteiger partial charge is 0.255 e. The normalized spacial score (nSPS) is 10.2. The van der Waals surface area contributed by atoms with Gasteiger partial charge >= 0.3 is 0 Å². The van der Waals surface area contributed by atoms with Crippen LogP contribution in [0.1, 0.15) is 34.6 Å². The van der Waals surface area contributed by atoms with Gasteiger partial charge < -0.3 is 19.7 Å². The van der Waals surface area contributed by atoms with Crippen LogP contribution in [0, 0.1) is 0 Å². The van der Waals surface area contributed by atoms with E-state index in [1.807, 2.05) is 13.8 Å². The fourth-order valence-corrected chi connectivity index (χ4v) is 2.57. The van der Waals surface area contributed by atoms with Crippen LogP contribution in [0.25, 0.3) is 0 Å². The first kappa shape index (κ1) is 19.3. The average molecular weight is 356 g/mol. The highest BCUT2D eigenvalue weighted by Crippen LogP contribution is 2.27. The predicted molar refractivity (Wildman–Crippen MR) is 101 cm³/mol. The third kappa shape index (κ3) is 4.33. The van der Waals surface area contributed by atoms with Gasteiger partial charge in [-0.3, -0.25) is 9.59 Å². The molecule has 26 heavy (non-hydrogen) atoms. The second kappa shape index (κ2) is 8.89. The van der Waals surface area contributed by atoms with Gasteiger partial charge in [0.25, 0.3) is 11.8 Å². The van der Waals surface area contributed by atoms with Gasteiger partial charge in [0.1, 0.15) is 0 Å². The van der Waals surface area contributed by atoms with Crippen LogP contribution in [0.15, 0.2) is 42.5 Å². The molecule has 0 fully saturated rings. The number of carbonyl (C=O) groups excluding carboxylic acids is 2. The summed E-state index contributed by atoms with van der Waals surface area (Å²) in [6, 6.07) is 11.8. The highest BCUT2D eigenvalue weighted by atomic mass is 16.5. The summed E-state index contributed by atoms with van der Waals surface area (Å²) in [5.41, 5.74) is 1.66. The lowest BCUT2D eigenvalue weighted by atomic mass is 10.1. The van der Waals surface area contributed by atoms with Crippen molar-refractivity contribution in [2.45, 2.75) is 13.8 Å². The van der Waals surface area contributed by atoms with Crippen LogP contribution in [0.2, 0.25) is 0 Å². The molecule has 0 saturated heterocycles. The van der Waals surface area contributed by atoms with Gasteiger partial charge in [-0.2, -0.15) is 0 Å². The number of amides is 2. The number of hydrogen-bond acceptors (Lipinski definition) is 4. The minimum atomic E-state index is -0.270. The zero-order valence-corrected chi connectivity index (χ0v) is 15.5. The van der Waals surface area contributed by atoms with Crippen molar-refractivity contribution >= 4 is 17.5 Å². The van der Waals surface area contributed by atoms with Crippen molar-refractivity contribution in [1.29, 1.82) is 0 Å². The summed E-state index contributed by atoms with van der Waals surface area (Å²) >= 11 is 0. The molecule has 0 atom stereocenters. The molecular weight excluding hydrogens is 332 g/mol. The van der Waals surface area contributed by atoms with Crippen molar-refractivity contribution in [3.8, 4) is 11.5 Å². The SMILES string of the molecule is CCN(CC)C(=O)c1ccc(NC(=O)c2ccc(OC)c(OC)c2)cc1. The Morgan fingerprint density at radius 1 is 0.885 bits per heavy atom. The van der Waals surface area contributed by atoms with Crippen molar-refractivity contribution in [3.05, 3.63) is 53.6 Å². The van der Waals surface area contributed by atoms with Crippen molar-refractivity contribution in [3.63, 3.8) is 0 Å². The fraction of sp³-hybridized carbons (Fsp3) is 0.300. The van der Waals surface area contributed by atoms with Crippen molar-refractivity contribution in [2.24, 2.45) is 0 Å². The zero-order chi connectivity index (χ0) is 19.1. The Morgan fingerprint density at radius 2 is 1.46 bits per heavy atom. The molecule has 0 spiro atoms. The molecule has 2 aromatic rings. The first-order valence-electron chi connectivity index (χ1n) is 8.46.